The summed E-state index contributed by atoms with van der Waals surface area (Å²) >= 11 is 0. The maximum Gasteiger partial charge on any atom is 0.251 e. The van der Waals surface area contributed by atoms with E-state index in [1.807, 2.05) is 43.3 Å². The van der Waals surface area contributed by atoms with Crippen molar-refractivity contribution in [1.82, 2.24) is 14.9 Å². The van der Waals surface area contributed by atoms with E-state index < -0.39 is 0 Å². The third-order valence-electron chi connectivity index (χ3n) is 6.52. The van der Waals surface area contributed by atoms with Gasteiger partial charge < -0.3 is 14.6 Å². The maximum absolute atomic E-state index is 12.3. The number of hydrogen-bond acceptors (Lipinski definition) is 3. The van der Waals surface area contributed by atoms with Crippen LogP contribution in [0.15, 0.2) is 72.8 Å². The molecule has 4 aromatic rings. The summed E-state index contributed by atoms with van der Waals surface area (Å²) in [7, 11) is 0. The zero-order valence-corrected chi connectivity index (χ0v) is 21.7. The monoisotopic (exact) mass is 483 g/mol. The molecule has 1 heterocycles. The van der Waals surface area contributed by atoms with Gasteiger partial charge in [0.25, 0.3) is 5.91 Å². The number of ether oxygens (including phenoxy) is 1. The zero-order chi connectivity index (χ0) is 25.3. The molecule has 0 saturated carbocycles. The molecule has 1 amide bonds. The van der Waals surface area contributed by atoms with Crippen LogP contribution in [0.4, 0.5) is 0 Å². The Morgan fingerprint density at radius 1 is 0.944 bits per heavy atom. The number of nitrogens with zero attached hydrogens (tertiary/aromatic N) is 2. The van der Waals surface area contributed by atoms with Crippen LogP contribution in [0.3, 0.4) is 0 Å². The van der Waals surface area contributed by atoms with E-state index in [9.17, 15) is 4.79 Å². The van der Waals surface area contributed by atoms with Gasteiger partial charge in [0.2, 0.25) is 0 Å². The van der Waals surface area contributed by atoms with Gasteiger partial charge in [0.05, 0.1) is 17.6 Å². The van der Waals surface area contributed by atoms with E-state index in [4.69, 9.17) is 9.72 Å². The van der Waals surface area contributed by atoms with E-state index in [1.165, 1.54) is 5.56 Å². The molecule has 0 unspecified atom stereocenters. The van der Waals surface area contributed by atoms with Crippen molar-refractivity contribution in [3.05, 3.63) is 95.3 Å². The Balaban J connectivity index is 1.29. The minimum absolute atomic E-state index is 0.00386. The van der Waals surface area contributed by atoms with Gasteiger partial charge in [-0.3, -0.25) is 4.79 Å². The molecule has 3 aromatic carbocycles. The Bertz CT molecular complexity index is 1270. The van der Waals surface area contributed by atoms with Crippen LogP contribution < -0.4 is 10.1 Å². The molecule has 0 fully saturated rings. The number of fused-ring (bicyclic) bond motifs is 1. The zero-order valence-electron chi connectivity index (χ0n) is 21.7. The highest BCUT2D eigenvalue weighted by Gasteiger charge is 2.12. The lowest BCUT2D eigenvalue weighted by molar-refractivity contribution is 0.0953. The first kappa shape index (κ1) is 25.5. The highest BCUT2D eigenvalue weighted by atomic mass is 16.5. The second-order valence-electron chi connectivity index (χ2n) is 9.64. The van der Waals surface area contributed by atoms with Gasteiger partial charge in [-0.1, -0.05) is 68.3 Å². The molecule has 5 nitrogen and oxygen atoms in total. The SMILES string of the molecule is Cc1ccc(C(=O)NCCCCCc2nc3ccccc3n2CCOc2ccccc2C(C)C)cc1. The smallest absolute Gasteiger partial charge is 0.251 e. The summed E-state index contributed by atoms with van der Waals surface area (Å²) in [5.41, 5.74) is 5.29. The van der Waals surface area contributed by atoms with Crippen molar-refractivity contribution in [1.29, 1.82) is 0 Å². The Kier molecular flexibility index (Phi) is 8.77. The van der Waals surface area contributed by atoms with Gasteiger partial charge in [0.1, 0.15) is 18.2 Å². The van der Waals surface area contributed by atoms with Crippen LogP contribution in [0.1, 0.15) is 66.3 Å². The summed E-state index contributed by atoms with van der Waals surface area (Å²) in [4.78, 5) is 17.2. The fourth-order valence-electron chi connectivity index (χ4n) is 4.50. The van der Waals surface area contributed by atoms with Crippen molar-refractivity contribution < 1.29 is 9.53 Å². The van der Waals surface area contributed by atoms with Gasteiger partial charge >= 0.3 is 0 Å². The summed E-state index contributed by atoms with van der Waals surface area (Å²) < 4.78 is 8.51. The summed E-state index contributed by atoms with van der Waals surface area (Å²) in [6.07, 6.45) is 3.92. The Morgan fingerprint density at radius 3 is 2.50 bits per heavy atom. The number of rotatable bonds is 12. The van der Waals surface area contributed by atoms with Crippen LogP contribution in [-0.4, -0.2) is 28.6 Å². The van der Waals surface area contributed by atoms with Crippen molar-refractivity contribution in [2.45, 2.75) is 58.9 Å². The molecular formula is C31H37N3O2. The number of hydrogen-bond donors (Lipinski definition) is 1. The van der Waals surface area contributed by atoms with Gasteiger partial charge in [-0.25, -0.2) is 4.98 Å². The summed E-state index contributed by atoms with van der Waals surface area (Å²) in [5.74, 6) is 2.48. The van der Waals surface area contributed by atoms with Crippen molar-refractivity contribution in [3.8, 4) is 5.75 Å². The lowest BCUT2D eigenvalue weighted by atomic mass is 10.0. The number of benzene rings is 3. The number of nitrogens with one attached hydrogen (secondary N) is 1. The summed E-state index contributed by atoms with van der Waals surface area (Å²) in [6.45, 7) is 8.45. The predicted octanol–water partition coefficient (Wildman–Crippen LogP) is 6.69. The van der Waals surface area contributed by atoms with Crippen LogP contribution >= 0.6 is 0 Å². The molecule has 0 saturated heterocycles. The number of amides is 1. The van der Waals surface area contributed by atoms with E-state index in [0.29, 0.717) is 24.6 Å². The second-order valence-corrected chi connectivity index (χ2v) is 9.64. The lowest BCUT2D eigenvalue weighted by Crippen LogP contribution is -2.24. The van der Waals surface area contributed by atoms with Crippen LogP contribution in [0, 0.1) is 6.92 Å². The first-order chi connectivity index (χ1) is 17.5. The molecule has 1 aromatic heterocycles. The average molecular weight is 484 g/mol. The van der Waals surface area contributed by atoms with E-state index >= 15 is 0 Å². The Labute approximate surface area is 214 Å². The predicted molar refractivity (Wildman–Crippen MR) is 147 cm³/mol. The molecule has 0 aliphatic carbocycles. The quantitative estimate of drug-likeness (QED) is 0.228. The molecule has 0 radical (unpaired) electrons. The van der Waals surface area contributed by atoms with Crippen LogP contribution in [-0.2, 0) is 13.0 Å². The number of para-hydroxylation sites is 3. The van der Waals surface area contributed by atoms with E-state index in [-0.39, 0.29) is 5.91 Å². The Hall–Kier alpha value is -3.60. The summed E-state index contributed by atoms with van der Waals surface area (Å²) in [5, 5.41) is 3.03. The number of aromatic nitrogens is 2. The Morgan fingerprint density at radius 2 is 1.69 bits per heavy atom. The number of imidazole rings is 1. The van der Waals surface area contributed by atoms with Crippen LogP contribution in [0.5, 0.6) is 5.75 Å². The number of unbranched alkanes of at least 4 members (excludes halogenated alkanes) is 2. The van der Waals surface area contributed by atoms with Crippen molar-refractivity contribution in [2.24, 2.45) is 0 Å². The van der Waals surface area contributed by atoms with E-state index in [1.54, 1.807) is 0 Å². The molecular weight excluding hydrogens is 446 g/mol. The fraction of sp³-hybridized carbons (Fsp3) is 0.355. The first-order valence-corrected chi connectivity index (χ1v) is 13.0. The molecule has 0 aliphatic heterocycles. The van der Waals surface area contributed by atoms with Gasteiger partial charge in [-0.05, 0) is 61.6 Å². The van der Waals surface area contributed by atoms with Crippen LogP contribution in [0.2, 0.25) is 0 Å². The number of carbonyl (C=O) groups is 1. The largest absolute Gasteiger partial charge is 0.491 e. The second kappa shape index (κ2) is 12.4. The van der Waals surface area contributed by atoms with Crippen molar-refractivity contribution >= 4 is 16.9 Å². The van der Waals surface area contributed by atoms with E-state index in [2.05, 4.69) is 60.1 Å². The minimum atomic E-state index is -0.00386. The highest BCUT2D eigenvalue weighted by Crippen LogP contribution is 2.26. The number of aryl methyl sites for hydroxylation is 2. The average Bonchev–Trinajstić information content (AvgIpc) is 3.24. The molecule has 36 heavy (non-hydrogen) atoms. The number of carbonyl (C=O) groups excluding carboxylic acids is 1. The highest BCUT2D eigenvalue weighted by molar-refractivity contribution is 5.94. The van der Waals surface area contributed by atoms with Crippen LogP contribution in [0.25, 0.3) is 11.0 Å². The topological polar surface area (TPSA) is 56.2 Å². The van der Waals surface area contributed by atoms with E-state index in [0.717, 1.165) is 60.4 Å². The third kappa shape index (κ3) is 6.54. The molecule has 0 spiro atoms. The van der Waals surface area contributed by atoms with Gasteiger partial charge in [-0.2, -0.15) is 0 Å². The molecule has 0 atom stereocenters. The molecule has 5 heteroatoms. The third-order valence-corrected chi connectivity index (χ3v) is 6.52. The van der Waals surface area contributed by atoms with Gasteiger partial charge in [-0.15, -0.1) is 0 Å². The standard InChI is InChI=1S/C31H37N3O2/c1-23(2)26-11-6-9-14-29(26)36-22-21-34-28-13-8-7-12-27(28)33-30(34)15-5-4-10-20-32-31(35)25-18-16-24(3)17-19-25/h6-9,11-14,16-19,23H,4-5,10,15,20-22H2,1-3H3,(H,32,35). The van der Waals surface area contributed by atoms with Crippen molar-refractivity contribution in [3.63, 3.8) is 0 Å². The maximum atomic E-state index is 12.3. The molecule has 0 aliphatic rings. The first-order valence-electron chi connectivity index (χ1n) is 13.0. The molecule has 188 valence electrons. The lowest BCUT2D eigenvalue weighted by Gasteiger charge is -2.15. The molecule has 4 rings (SSSR count). The summed E-state index contributed by atoms with van der Waals surface area (Å²) in [6, 6.07) is 24.3. The minimum Gasteiger partial charge on any atom is -0.491 e. The molecule has 0 bridgehead atoms. The normalized spacial score (nSPS) is 11.2. The molecule has 1 N–H and O–H groups in total. The van der Waals surface area contributed by atoms with Gasteiger partial charge in [0.15, 0.2) is 0 Å². The van der Waals surface area contributed by atoms with Gasteiger partial charge in [0, 0.05) is 18.5 Å². The fourth-order valence-corrected chi connectivity index (χ4v) is 4.50. The van der Waals surface area contributed by atoms with Crippen molar-refractivity contribution in [2.75, 3.05) is 13.2 Å².